The number of aliphatic hydroxyl groups excluding tert-OH is 2. The van der Waals surface area contributed by atoms with Crippen LogP contribution in [0.3, 0.4) is 0 Å². The molecule has 0 saturated heterocycles. The van der Waals surface area contributed by atoms with Crippen LogP contribution in [0.15, 0.2) is 359 Å². The Hall–Kier alpha value is -11.3. The Labute approximate surface area is 691 Å². The van der Waals surface area contributed by atoms with Crippen LogP contribution in [0.1, 0.15) is 0 Å². The molecule has 4 unspecified atom stereocenters. The fourth-order valence-electron chi connectivity index (χ4n) is 17.9. The molecule has 580 valence electrons. The van der Waals surface area contributed by atoms with Crippen LogP contribution in [-0.4, -0.2) is 112 Å². The second kappa shape index (κ2) is 33.4. The number of fused-ring (bicyclic) bond motifs is 18. The van der Waals surface area contributed by atoms with E-state index in [2.05, 4.69) is 367 Å². The van der Waals surface area contributed by atoms with Gasteiger partial charge in [0.05, 0.1) is 102 Å². The van der Waals surface area contributed by atoms with Crippen molar-refractivity contribution in [3.8, 4) is 0 Å². The first-order valence-electron chi connectivity index (χ1n) is 40.6. The van der Waals surface area contributed by atoms with Gasteiger partial charge in [0.2, 0.25) is 0 Å². The number of aliphatic hydroxyl groups is 2. The Balaban J connectivity index is 0.494. The van der Waals surface area contributed by atoms with Gasteiger partial charge in [0, 0.05) is 162 Å². The highest BCUT2D eigenvalue weighted by molar-refractivity contribution is 8.00. The van der Waals surface area contributed by atoms with E-state index < -0.39 is 24.4 Å². The first-order chi connectivity index (χ1) is 57.8. The molecule has 20 aromatic rings. The molecule has 4 atom stereocenters. The van der Waals surface area contributed by atoms with Crippen molar-refractivity contribution in [3.05, 3.63) is 340 Å². The maximum absolute atomic E-state index is 11.9. The van der Waals surface area contributed by atoms with Gasteiger partial charge in [-0.2, -0.15) is 0 Å². The number of hydrogen-bond donors (Lipinski definition) is 2. The predicted molar refractivity (Wildman–Crippen MR) is 486 cm³/mol. The van der Waals surface area contributed by atoms with Crippen LogP contribution in [0.4, 0.5) is 0 Å². The van der Waals surface area contributed by atoms with Crippen molar-refractivity contribution in [2.24, 2.45) is 0 Å². The third-order valence-corrected chi connectivity index (χ3v) is 26.6. The van der Waals surface area contributed by atoms with E-state index in [1.54, 1.807) is 35.3 Å². The van der Waals surface area contributed by atoms with Crippen molar-refractivity contribution >= 4 is 166 Å². The van der Waals surface area contributed by atoms with Gasteiger partial charge in [-0.1, -0.05) is 230 Å². The highest BCUT2D eigenvalue weighted by Crippen LogP contribution is 2.39. The van der Waals surface area contributed by atoms with Crippen LogP contribution in [0.5, 0.6) is 0 Å². The zero-order valence-corrected chi connectivity index (χ0v) is 67.2. The summed E-state index contributed by atoms with van der Waals surface area (Å²) in [7, 11) is 0. The van der Waals surface area contributed by atoms with Crippen LogP contribution in [-0.2, 0) is 58.2 Å². The molecular weight excluding hydrogens is 1500 g/mol. The molecule has 0 bridgehead atoms. The molecule has 0 fully saturated rings. The van der Waals surface area contributed by atoms with E-state index in [-0.39, 0.29) is 25.4 Å². The molecule has 2 N–H and O–H groups in total. The Bertz CT molecular complexity index is 5990. The van der Waals surface area contributed by atoms with E-state index in [9.17, 15) is 10.2 Å². The summed E-state index contributed by atoms with van der Waals surface area (Å²) in [6.45, 7) is 4.35. The van der Waals surface area contributed by atoms with Crippen molar-refractivity contribution in [1.29, 1.82) is 0 Å². The SMILES string of the molecule is OC(COC(COC(Cn1c2ccccc2c2ccccc21)Cn1c2ccccc2c2ccccc21)Cn1c2ccccc2c2ccccc21)CSc1ccc(Sc2ccc(SCC(O)COC(COC(Cn3c4ccccc4c4ccccc43)Cn3c4ccccc4c4ccccc43)Cn3c4ccccc4c4ccccc43)cc2)cc1. The lowest BCUT2D eigenvalue weighted by molar-refractivity contribution is -0.0732. The maximum atomic E-state index is 11.9. The lowest BCUT2D eigenvalue weighted by atomic mass is 10.2. The standard InChI is InChI=1S/C102H88N6O6S3/c109-69(63-111-73(61-107-99-45-21-9-33-87(99)88-34-10-22-46-100(88)107)65-113-71(57-103-91-37-13-1-25-79(91)80-26-2-14-38-92(80)103)58-104-93-39-15-3-27-81(93)82-28-4-16-40-94(82)104)67-115-75-49-53-77(54-50-75)117-78-55-51-76(52-56-78)116-68-70(110)64-112-74(62-108-101-47-23-11-35-89(101)90-36-12-24-48-102(90)108)66-114-72(59-105-95-41-17-5-29-83(95)84-30-6-18-42-96(84)105)60-106-97-43-19-7-31-85(97)86-32-8-20-44-98(86)106/h1-56,69-74,109-110H,57-68H2. The van der Waals surface area contributed by atoms with Crippen molar-refractivity contribution in [2.45, 2.75) is 95.5 Å². The number of benzene rings is 14. The quantitative estimate of drug-likeness (QED) is 0.0399. The van der Waals surface area contributed by atoms with Gasteiger partial charge in [-0.05, 0) is 121 Å². The molecule has 0 aliphatic heterocycles. The zero-order valence-electron chi connectivity index (χ0n) is 64.7. The number of aromatic nitrogens is 6. The van der Waals surface area contributed by atoms with Gasteiger partial charge < -0.3 is 56.6 Å². The van der Waals surface area contributed by atoms with E-state index in [1.165, 1.54) is 109 Å². The summed E-state index contributed by atoms with van der Waals surface area (Å²) in [5.41, 5.74) is 13.9. The topological polar surface area (TPSA) is 107 Å². The molecule has 20 rings (SSSR count). The van der Waals surface area contributed by atoms with Crippen LogP contribution in [0.25, 0.3) is 131 Å². The number of para-hydroxylation sites is 12. The number of rotatable bonds is 32. The van der Waals surface area contributed by atoms with Crippen molar-refractivity contribution in [2.75, 3.05) is 37.9 Å². The molecule has 0 aliphatic rings. The normalized spacial score (nSPS) is 13.4. The maximum Gasteiger partial charge on any atom is 0.0988 e. The molecule has 6 aromatic heterocycles. The summed E-state index contributed by atoms with van der Waals surface area (Å²) in [5, 5.41) is 38.3. The minimum atomic E-state index is -0.748. The predicted octanol–water partition coefficient (Wildman–Crippen LogP) is 23.1. The van der Waals surface area contributed by atoms with Gasteiger partial charge in [0.25, 0.3) is 0 Å². The van der Waals surface area contributed by atoms with Crippen LogP contribution < -0.4 is 0 Å². The summed E-state index contributed by atoms with van der Waals surface area (Å²) in [6, 6.07) is 121. The number of nitrogens with zero attached hydrogens (tertiary/aromatic N) is 6. The Morgan fingerprint density at radius 1 is 0.197 bits per heavy atom. The van der Waals surface area contributed by atoms with Crippen LogP contribution in [0.2, 0.25) is 0 Å². The van der Waals surface area contributed by atoms with Crippen LogP contribution >= 0.6 is 35.3 Å². The number of ether oxygens (including phenoxy) is 4. The lowest BCUT2D eigenvalue weighted by Gasteiger charge is -2.26. The highest BCUT2D eigenvalue weighted by atomic mass is 32.2. The first-order valence-corrected chi connectivity index (χ1v) is 43.3. The molecular formula is C102H88N6O6S3. The minimum absolute atomic E-state index is 0.136. The molecule has 0 amide bonds. The highest BCUT2D eigenvalue weighted by Gasteiger charge is 2.28. The molecule has 117 heavy (non-hydrogen) atoms. The molecule has 0 saturated carbocycles. The average Bonchev–Trinajstić information content (AvgIpc) is 1.59. The Morgan fingerprint density at radius 3 is 0.556 bits per heavy atom. The van der Waals surface area contributed by atoms with Gasteiger partial charge in [0.1, 0.15) is 0 Å². The lowest BCUT2D eigenvalue weighted by Crippen LogP contribution is -2.34. The van der Waals surface area contributed by atoms with Gasteiger partial charge in [-0.25, -0.2) is 0 Å². The number of hydrogen-bond acceptors (Lipinski definition) is 9. The number of thioether (sulfide) groups is 2. The van der Waals surface area contributed by atoms with Gasteiger partial charge in [0.15, 0.2) is 0 Å². The van der Waals surface area contributed by atoms with E-state index in [4.69, 9.17) is 18.9 Å². The van der Waals surface area contributed by atoms with Crippen molar-refractivity contribution in [1.82, 2.24) is 27.4 Å². The molecule has 15 heteroatoms. The van der Waals surface area contributed by atoms with Crippen molar-refractivity contribution in [3.63, 3.8) is 0 Å². The summed E-state index contributed by atoms with van der Waals surface area (Å²) in [4.78, 5) is 4.36. The second-order valence-electron chi connectivity index (χ2n) is 30.7. The van der Waals surface area contributed by atoms with Crippen molar-refractivity contribution < 1.29 is 29.2 Å². The van der Waals surface area contributed by atoms with Gasteiger partial charge >= 0.3 is 0 Å². The molecule has 0 radical (unpaired) electrons. The summed E-state index contributed by atoms with van der Waals surface area (Å²) in [5.74, 6) is 0.905. The van der Waals surface area contributed by atoms with Gasteiger partial charge in [-0.15, -0.1) is 23.5 Å². The second-order valence-corrected chi connectivity index (χ2v) is 34.0. The molecule has 12 nitrogen and oxygen atoms in total. The largest absolute Gasteiger partial charge is 0.390 e. The summed E-state index contributed by atoms with van der Waals surface area (Å²) < 4.78 is 43.1. The molecule has 14 aromatic carbocycles. The monoisotopic (exact) mass is 1590 g/mol. The van der Waals surface area contributed by atoms with E-state index in [0.29, 0.717) is 64.0 Å². The third kappa shape index (κ3) is 15.1. The van der Waals surface area contributed by atoms with Gasteiger partial charge in [-0.3, -0.25) is 0 Å². The van der Waals surface area contributed by atoms with Crippen LogP contribution in [0, 0.1) is 0 Å². The summed E-state index contributed by atoms with van der Waals surface area (Å²) in [6.07, 6.45) is -2.88. The Kier molecular flexibility index (Phi) is 21.2. The minimum Gasteiger partial charge on any atom is -0.390 e. The van der Waals surface area contributed by atoms with E-state index >= 15 is 0 Å². The zero-order chi connectivity index (χ0) is 78.1. The average molecular weight is 1590 g/mol. The molecule has 0 aliphatic carbocycles. The van der Waals surface area contributed by atoms with E-state index in [0.717, 1.165) is 41.6 Å². The molecule has 6 heterocycles. The third-order valence-electron chi connectivity index (χ3n) is 23.2. The fourth-order valence-corrected chi connectivity index (χ4v) is 20.3. The molecule has 0 spiro atoms. The summed E-state index contributed by atoms with van der Waals surface area (Å²) >= 11 is 4.97. The Morgan fingerprint density at radius 2 is 0.359 bits per heavy atom. The first kappa shape index (κ1) is 74.5. The fraction of sp³-hybridized carbons (Fsp3) is 0.176. The smallest absolute Gasteiger partial charge is 0.0988 e. The van der Waals surface area contributed by atoms with E-state index in [1.807, 2.05) is 0 Å².